The summed E-state index contributed by atoms with van der Waals surface area (Å²) in [5.41, 5.74) is 2.29. The Balaban J connectivity index is 1.93. The molecule has 1 aromatic heterocycles. The smallest absolute Gasteiger partial charge is 0.188 e. The summed E-state index contributed by atoms with van der Waals surface area (Å²) in [5, 5.41) is 13.1. The molecule has 0 amide bonds. The second-order valence-electron chi connectivity index (χ2n) is 4.36. The minimum atomic E-state index is 0.603. The molecule has 0 fully saturated rings. The molecule has 0 aliphatic rings. The maximum absolute atomic E-state index is 9.11. The van der Waals surface area contributed by atoms with Gasteiger partial charge in [0.05, 0.1) is 28.1 Å². The molecule has 1 heterocycles. The van der Waals surface area contributed by atoms with Gasteiger partial charge in [0.15, 0.2) is 5.13 Å². The van der Waals surface area contributed by atoms with Crippen LogP contribution >= 0.6 is 11.3 Å². The SMILES string of the molecule is CCOc1ccc2nc(Nc3ccccc3C#N)sc2c1. The van der Waals surface area contributed by atoms with E-state index in [4.69, 9.17) is 10.00 Å². The van der Waals surface area contributed by atoms with Crippen molar-refractivity contribution >= 4 is 32.4 Å². The van der Waals surface area contributed by atoms with Crippen molar-refractivity contribution in [3.63, 3.8) is 0 Å². The summed E-state index contributed by atoms with van der Waals surface area (Å²) in [5.74, 6) is 0.845. The maximum Gasteiger partial charge on any atom is 0.188 e. The standard InChI is InChI=1S/C16H13N3OS/c1-2-20-12-7-8-14-15(9-12)21-16(19-14)18-13-6-4-3-5-11(13)10-17/h3-9H,2H2,1H3,(H,18,19). The van der Waals surface area contributed by atoms with Crippen molar-refractivity contribution < 1.29 is 4.74 Å². The minimum Gasteiger partial charge on any atom is -0.494 e. The van der Waals surface area contributed by atoms with E-state index < -0.39 is 0 Å². The highest BCUT2D eigenvalue weighted by Gasteiger charge is 2.07. The zero-order valence-electron chi connectivity index (χ0n) is 11.5. The molecular weight excluding hydrogens is 282 g/mol. The number of hydrogen-bond donors (Lipinski definition) is 1. The first kappa shape index (κ1) is 13.4. The van der Waals surface area contributed by atoms with Crippen LogP contribution in [0.1, 0.15) is 12.5 Å². The van der Waals surface area contributed by atoms with E-state index in [1.807, 2.05) is 43.3 Å². The van der Waals surface area contributed by atoms with Gasteiger partial charge in [-0.2, -0.15) is 5.26 Å². The molecule has 104 valence electrons. The molecule has 0 atom stereocenters. The normalized spacial score (nSPS) is 10.3. The highest BCUT2D eigenvalue weighted by atomic mass is 32.1. The average molecular weight is 295 g/mol. The second-order valence-corrected chi connectivity index (χ2v) is 5.39. The molecule has 3 aromatic rings. The number of para-hydroxylation sites is 1. The van der Waals surface area contributed by atoms with Crippen molar-refractivity contribution in [3.8, 4) is 11.8 Å². The van der Waals surface area contributed by atoms with Gasteiger partial charge in [0, 0.05) is 0 Å². The van der Waals surface area contributed by atoms with Crippen LogP contribution in [-0.2, 0) is 0 Å². The number of nitrogens with one attached hydrogen (secondary N) is 1. The molecule has 0 bridgehead atoms. The zero-order valence-corrected chi connectivity index (χ0v) is 12.3. The number of rotatable bonds is 4. The van der Waals surface area contributed by atoms with E-state index in [0.717, 1.165) is 26.8 Å². The number of thiazole rings is 1. The molecule has 0 spiro atoms. The molecule has 5 heteroatoms. The Hall–Kier alpha value is -2.58. The fraction of sp³-hybridized carbons (Fsp3) is 0.125. The van der Waals surface area contributed by atoms with Gasteiger partial charge in [0.25, 0.3) is 0 Å². The molecule has 0 unspecified atom stereocenters. The molecule has 0 radical (unpaired) electrons. The van der Waals surface area contributed by atoms with E-state index in [9.17, 15) is 0 Å². The van der Waals surface area contributed by atoms with Gasteiger partial charge in [-0.15, -0.1) is 0 Å². The van der Waals surface area contributed by atoms with Gasteiger partial charge < -0.3 is 10.1 Å². The quantitative estimate of drug-likeness (QED) is 0.779. The third-order valence-corrected chi connectivity index (χ3v) is 3.89. The number of nitriles is 1. The monoisotopic (exact) mass is 295 g/mol. The van der Waals surface area contributed by atoms with E-state index in [1.165, 1.54) is 11.3 Å². The van der Waals surface area contributed by atoms with Crippen LogP contribution < -0.4 is 10.1 Å². The van der Waals surface area contributed by atoms with Crippen LogP contribution in [0.4, 0.5) is 10.8 Å². The van der Waals surface area contributed by atoms with Gasteiger partial charge in [-0.3, -0.25) is 0 Å². The summed E-state index contributed by atoms with van der Waals surface area (Å²) in [6.45, 7) is 2.60. The van der Waals surface area contributed by atoms with Crippen molar-refractivity contribution in [2.45, 2.75) is 6.92 Å². The third kappa shape index (κ3) is 2.81. The molecule has 21 heavy (non-hydrogen) atoms. The largest absolute Gasteiger partial charge is 0.494 e. The van der Waals surface area contributed by atoms with Crippen LogP contribution in [0.5, 0.6) is 5.75 Å². The van der Waals surface area contributed by atoms with E-state index in [1.54, 1.807) is 6.07 Å². The first-order valence-corrected chi connectivity index (χ1v) is 7.41. The number of hydrogen-bond acceptors (Lipinski definition) is 5. The number of fused-ring (bicyclic) bond motifs is 1. The van der Waals surface area contributed by atoms with E-state index >= 15 is 0 Å². The molecular formula is C16H13N3OS. The van der Waals surface area contributed by atoms with Crippen LogP contribution in [0, 0.1) is 11.3 Å². The van der Waals surface area contributed by atoms with Crippen LogP contribution in [0.15, 0.2) is 42.5 Å². The predicted molar refractivity (Wildman–Crippen MR) is 85.2 cm³/mol. The summed E-state index contributed by atoms with van der Waals surface area (Å²) < 4.78 is 6.55. The van der Waals surface area contributed by atoms with Crippen molar-refractivity contribution in [1.82, 2.24) is 4.98 Å². The van der Waals surface area contributed by atoms with Crippen molar-refractivity contribution in [3.05, 3.63) is 48.0 Å². The lowest BCUT2D eigenvalue weighted by Gasteiger charge is -2.03. The number of anilines is 2. The first-order valence-electron chi connectivity index (χ1n) is 6.59. The van der Waals surface area contributed by atoms with Gasteiger partial charge >= 0.3 is 0 Å². The van der Waals surface area contributed by atoms with Crippen molar-refractivity contribution in [1.29, 1.82) is 5.26 Å². The van der Waals surface area contributed by atoms with Gasteiger partial charge in [0.2, 0.25) is 0 Å². The molecule has 1 N–H and O–H groups in total. The van der Waals surface area contributed by atoms with E-state index in [-0.39, 0.29) is 0 Å². The first-order chi connectivity index (χ1) is 10.3. The van der Waals surface area contributed by atoms with Gasteiger partial charge in [0.1, 0.15) is 11.8 Å². The summed E-state index contributed by atoms with van der Waals surface area (Å²) >= 11 is 1.54. The topological polar surface area (TPSA) is 57.9 Å². The van der Waals surface area contributed by atoms with Gasteiger partial charge in [-0.05, 0) is 37.3 Å². The molecule has 4 nitrogen and oxygen atoms in total. The van der Waals surface area contributed by atoms with Crippen molar-refractivity contribution in [2.24, 2.45) is 0 Å². The molecule has 3 rings (SSSR count). The molecule has 0 aliphatic carbocycles. The molecule has 2 aromatic carbocycles. The molecule has 0 saturated carbocycles. The van der Waals surface area contributed by atoms with Gasteiger partial charge in [-0.25, -0.2) is 4.98 Å². The Morgan fingerprint density at radius 3 is 2.95 bits per heavy atom. The Kier molecular flexibility index (Phi) is 3.71. The lowest BCUT2D eigenvalue weighted by molar-refractivity contribution is 0.341. The van der Waals surface area contributed by atoms with E-state index in [0.29, 0.717) is 12.2 Å². The maximum atomic E-state index is 9.11. The van der Waals surface area contributed by atoms with Crippen LogP contribution in [0.2, 0.25) is 0 Å². The second kappa shape index (κ2) is 5.81. The number of aromatic nitrogens is 1. The Morgan fingerprint density at radius 1 is 1.29 bits per heavy atom. The van der Waals surface area contributed by atoms with Crippen LogP contribution in [-0.4, -0.2) is 11.6 Å². The van der Waals surface area contributed by atoms with Gasteiger partial charge in [-0.1, -0.05) is 23.5 Å². The summed E-state index contributed by atoms with van der Waals surface area (Å²) in [4.78, 5) is 4.53. The number of nitrogens with zero attached hydrogens (tertiary/aromatic N) is 2. The summed E-state index contributed by atoms with van der Waals surface area (Å²) in [6.07, 6.45) is 0. The summed E-state index contributed by atoms with van der Waals surface area (Å²) in [7, 11) is 0. The average Bonchev–Trinajstić information content (AvgIpc) is 2.89. The molecule has 0 saturated heterocycles. The lowest BCUT2D eigenvalue weighted by Crippen LogP contribution is -1.92. The predicted octanol–water partition coefficient (Wildman–Crippen LogP) is 4.31. The summed E-state index contributed by atoms with van der Waals surface area (Å²) in [6, 6.07) is 15.4. The molecule has 0 aliphatic heterocycles. The fourth-order valence-electron chi connectivity index (χ4n) is 2.02. The number of ether oxygens (including phenoxy) is 1. The number of benzene rings is 2. The Labute approximate surface area is 126 Å². The Morgan fingerprint density at radius 2 is 2.14 bits per heavy atom. The zero-order chi connectivity index (χ0) is 14.7. The third-order valence-electron chi connectivity index (χ3n) is 2.96. The minimum absolute atomic E-state index is 0.603. The van der Waals surface area contributed by atoms with Crippen LogP contribution in [0.3, 0.4) is 0 Å². The van der Waals surface area contributed by atoms with Crippen molar-refractivity contribution in [2.75, 3.05) is 11.9 Å². The van der Waals surface area contributed by atoms with Crippen LogP contribution in [0.25, 0.3) is 10.2 Å². The Bertz CT molecular complexity index is 820. The lowest BCUT2D eigenvalue weighted by atomic mass is 10.2. The van der Waals surface area contributed by atoms with E-state index in [2.05, 4.69) is 16.4 Å². The highest BCUT2D eigenvalue weighted by molar-refractivity contribution is 7.22. The highest BCUT2D eigenvalue weighted by Crippen LogP contribution is 2.31. The fourth-order valence-corrected chi connectivity index (χ4v) is 2.93.